The lowest BCUT2D eigenvalue weighted by Crippen LogP contribution is -2.14. The van der Waals surface area contributed by atoms with E-state index in [1.807, 2.05) is 44.4 Å². The molecule has 9 heteroatoms. The molecule has 1 amide bonds. The van der Waals surface area contributed by atoms with Crippen molar-refractivity contribution < 1.29 is 4.79 Å². The molecule has 8 nitrogen and oxygen atoms in total. The van der Waals surface area contributed by atoms with E-state index in [1.54, 1.807) is 35.5 Å². The number of nitrogens with zero attached hydrogens (tertiary/aromatic N) is 5. The fourth-order valence-corrected chi connectivity index (χ4v) is 3.09. The lowest BCUT2D eigenvalue weighted by molar-refractivity contribution is -0.115. The van der Waals surface area contributed by atoms with E-state index in [2.05, 4.69) is 30.7 Å². The van der Waals surface area contributed by atoms with Crippen LogP contribution in [0, 0.1) is 6.92 Å². The molecule has 0 atom stereocenters. The van der Waals surface area contributed by atoms with Crippen LogP contribution in [0.5, 0.6) is 0 Å². The third kappa shape index (κ3) is 5.23. The lowest BCUT2D eigenvalue weighted by Gasteiger charge is -2.08. The highest BCUT2D eigenvalue weighted by molar-refractivity contribution is 6.30. The first-order valence-electron chi connectivity index (χ1n) is 9.55. The fraction of sp³-hybridized carbons (Fsp3) is 0.136. The third-order valence-corrected chi connectivity index (χ3v) is 4.96. The van der Waals surface area contributed by atoms with Crippen molar-refractivity contribution in [3.8, 4) is 11.1 Å². The summed E-state index contributed by atoms with van der Waals surface area (Å²) >= 11 is 5.92. The Kier molecular flexibility index (Phi) is 5.90. The van der Waals surface area contributed by atoms with Gasteiger partial charge in [-0.15, -0.1) is 0 Å². The third-order valence-electron chi connectivity index (χ3n) is 4.56. The first kappa shape index (κ1) is 20.5. The molecule has 0 aliphatic rings. The predicted molar refractivity (Wildman–Crippen MR) is 120 cm³/mol. The van der Waals surface area contributed by atoms with Crippen molar-refractivity contribution in [3.05, 3.63) is 77.6 Å². The Morgan fingerprint density at radius 2 is 1.74 bits per heavy atom. The topological polar surface area (TPSA) is 97.6 Å². The number of carbonyl (C=O) groups excluding carboxylic acids is 1. The predicted octanol–water partition coefficient (Wildman–Crippen LogP) is 4.16. The second kappa shape index (κ2) is 8.93. The maximum atomic E-state index is 12.3. The monoisotopic (exact) mass is 433 g/mol. The summed E-state index contributed by atoms with van der Waals surface area (Å²) in [5, 5.41) is 10.5. The van der Waals surface area contributed by atoms with Gasteiger partial charge in [0.1, 0.15) is 5.15 Å². The van der Waals surface area contributed by atoms with E-state index in [9.17, 15) is 4.79 Å². The van der Waals surface area contributed by atoms with Crippen LogP contribution in [0.2, 0.25) is 5.15 Å². The van der Waals surface area contributed by atoms with Crippen molar-refractivity contribution in [2.45, 2.75) is 13.3 Å². The van der Waals surface area contributed by atoms with Gasteiger partial charge in [-0.1, -0.05) is 35.9 Å². The van der Waals surface area contributed by atoms with Gasteiger partial charge in [0, 0.05) is 31.2 Å². The van der Waals surface area contributed by atoms with Crippen molar-refractivity contribution in [2.24, 2.45) is 7.05 Å². The molecule has 1 aromatic carbocycles. The molecule has 0 aliphatic carbocycles. The van der Waals surface area contributed by atoms with Gasteiger partial charge in [-0.3, -0.25) is 9.48 Å². The molecule has 0 aliphatic heterocycles. The van der Waals surface area contributed by atoms with E-state index in [1.165, 1.54) is 0 Å². The molecule has 3 heterocycles. The van der Waals surface area contributed by atoms with E-state index in [0.717, 1.165) is 27.9 Å². The summed E-state index contributed by atoms with van der Waals surface area (Å²) in [6.45, 7) is 1.84. The minimum Gasteiger partial charge on any atom is -0.324 e. The Morgan fingerprint density at radius 3 is 2.39 bits per heavy atom. The number of aromatic nitrogens is 5. The molecular formula is C22H20ClN7O. The zero-order valence-corrected chi connectivity index (χ0v) is 17.8. The second-order valence-electron chi connectivity index (χ2n) is 7.08. The maximum Gasteiger partial charge on any atom is 0.228 e. The minimum atomic E-state index is -0.120. The van der Waals surface area contributed by atoms with Crippen molar-refractivity contribution in [1.29, 1.82) is 0 Å². The summed E-state index contributed by atoms with van der Waals surface area (Å²) in [4.78, 5) is 25.1. The van der Waals surface area contributed by atoms with Gasteiger partial charge in [0.25, 0.3) is 0 Å². The van der Waals surface area contributed by atoms with Crippen molar-refractivity contribution >= 4 is 34.8 Å². The van der Waals surface area contributed by atoms with Crippen molar-refractivity contribution in [2.75, 3.05) is 10.6 Å². The largest absolute Gasteiger partial charge is 0.324 e. The number of halogens is 1. The number of amides is 1. The normalized spacial score (nSPS) is 10.7. The molecular weight excluding hydrogens is 414 g/mol. The van der Waals surface area contributed by atoms with Gasteiger partial charge >= 0.3 is 0 Å². The summed E-state index contributed by atoms with van der Waals surface area (Å²) in [5.41, 5.74) is 5.01. The minimum absolute atomic E-state index is 0.120. The van der Waals surface area contributed by atoms with Crippen LogP contribution in [0.25, 0.3) is 11.1 Å². The summed E-state index contributed by atoms with van der Waals surface area (Å²) in [6, 6.07) is 9.53. The van der Waals surface area contributed by atoms with Gasteiger partial charge < -0.3 is 10.6 Å². The second-order valence-corrected chi connectivity index (χ2v) is 7.43. The number of anilines is 3. The van der Waals surface area contributed by atoms with Crippen LogP contribution >= 0.6 is 11.6 Å². The van der Waals surface area contributed by atoms with Crippen LogP contribution in [0.3, 0.4) is 0 Å². The summed E-state index contributed by atoms with van der Waals surface area (Å²) in [5.74, 6) is 0.377. The molecule has 4 aromatic rings. The van der Waals surface area contributed by atoms with E-state index >= 15 is 0 Å². The van der Waals surface area contributed by atoms with Crippen molar-refractivity contribution in [1.82, 2.24) is 24.7 Å². The Morgan fingerprint density at radius 1 is 1.00 bits per heavy atom. The van der Waals surface area contributed by atoms with Crippen LogP contribution < -0.4 is 10.6 Å². The van der Waals surface area contributed by atoms with E-state index in [0.29, 0.717) is 16.8 Å². The average molecular weight is 434 g/mol. The number of pyridine rings is 1. The van der Waals surface area contributed by atoms with Crippen LogP contribution in [0.4, 0.5) is 17.3 Å². The van der Waals surface area contributed by atoms with Crippen molar-refractivity contribution in [3.63, 3.8) is 0 Å². The summed E-state index contributed by atoms with van der Waals surface area (Å²) in [7, 11) is 1.85. The number of carbonyl (C=O) groups is 1. The highest BCUT2D eigenvalue weighted by Gasteiger charge is 2.07. The number of aryl methyl sites for hydroxylation is 2. The zero-order valence-electron chi connectivity index (χ0n) is 17.0. The SMILES string of the molecule is Cc1cc(NC(=O)Cc2ccc(-c3cnc(Nc4cnn(C)c4)nc3)cc2)cnc1Cl. The standard InChI is InChI=1S/C22H20ClN7O/c1-14-7-18(11-24-21(14)23)28-20(31)8-15-3-5-16(6-4-15)17-9-25-22(26-10-17)29-19-12-27-30(2)13-19/h3-7,9-13H,8H2,1-2H3,(H,28,31)(H,25,26,29). The highest BCUT2D eigenvalue weighted by Crippen LogP contribution is 2.21. The highest BCUT2D eigenvalue weighted by atomic mass is 35.5. The molecule has 0 spiro atoms. The first-order chi connectivity index (χ1) is 15.0. The number of hydrogen-bond acceptors (Lipinski definition) is 6. The Bertz CT molecular complexity index is 1200. The molecule has 0 unspecified atom stereocenters. The van der Waals surface area contributed by atoms with Gasteiger partial charge in [0.2, 0.25) is 11.9 Å². The average Bonchev–Trinajstić information content (AvgIpc) is 3.16. The number of rotatable bonds is 6. The molecule has 0 fully saturated rings. The molecule has 4 rings (SSSR count). The summed E-state index contributed by atoms with van der Waals surface area (Å²) in [6.07, 6.45) is 8.86. The van der Waals surface area contributed by atoms with E-state index in [4.69, 9.17) is 11.6 Å². The molecule has 0 saturated heterocycles. The zero-order chi connectivity index (χ0) is 21.8. The summed E-state index contributed by atoms with van der Waals surface area (Å²) < 4.78 is 1.70. The van der Waals surface area contributed by atoms with Gasteiger partial charge in [-0.05, 0) is 29.7 Å². The Hall–Kier alpha value is -3.78. The van der Waals surface area contributed by atoms with Crippen LogP contribution in [0.15, 0.2) is 61.3 Å². The number of hydrogen-bond donors (Lipinski definition) is 2. The Balaban J connectivity index is 1.37. The lowest BCUT2D eigenvalue weighted by atomic mass is 10.1. The van der Waals surface area contributed by atoms with Gasteiger partial charge in [-0.25, -0.2) is 15.0 Å². The number of nitrogens with one attached hydrogen (secondary N) is 2. The van der Waals surface area contributed by atoms with Gasteiger partial charge in [0.15, 0.2) is 0 Å². The Labute approximate surface area is 184 Å². The van der Waals surface area contributed by atoms with Gasteiger partial charge in [-0.2, -0.15) is 5.10 Å². The smallest absolute Gasteiger partial charge is 0.228 e. The molecule has 3 aromatic heterocycles. The fourth-order valence-electron chi connectivity index (χ4n) is 2.99. The first-order valence-corrected chi connectivity index (χ1v) is 9.93. The quantitative estimate of drug-likeness (QED) is 0.443. The van der Waals surface area contributed by atoms with Crippen LogP contribution in [-0.2, 0) is 18.3 Å². The molecule has 31 heavy (non-hydrogen) atoms. The van der Waals surface area contributed by atoms with Gasteiger partial charge in [0.05, 0.1) is 30.2 Å². The molecule has 0 radical (unpaired) electrons. The molecule has 2 N–H and O–H groups in total. The number of benzene rings is 1. The van der Waals surface area contributed by atoms with E-state index in [-0.39, 0.29) is 12.3 Å². The maximum absolute atomic E-state index is 12.3. The van der Waals surface area contributed by atoms with Crippen LogP contribution in [-0.4, -0.2) is 30.6 Å². The van der Waals surface area contributed by atoms with Crippen LogP contribution in [0.1, 0.15) is 11.1 Å². The molecule has 0 saturated carbocycles. The molecule has 0 bridgehead atoms. The van der Waals surface area contributed by atoms with E-state index < -0.39 is 0 Å². The molecule has 156 valence electrons.